The maximum absolute atomic E-state index is 10.1. The number of hydrogen-bond donors (Lipinski definition) is 0. The first-order valence-corrected chi connectivity index (χ1v) is 17.3. The summed E-state index contributed by atoms with van der Waals surface area (Å²) in [6, 6.07) is -37.0. The van der Waals surface area contributed by atoms with E-state index >= 15 is 0 Å². The minimum absolute atomic E-state index is 0.266. The molecule has 0 fully saturated rings. The van der Waals surface area contributed by atoms with Gasteiger partial charge in [-0.2, -0.15) is 0 Å². The summed E-state index contributed by atoms with van der Waals surface area (Å²) in [7, 11) is 0. The number of anilines is 3. The highest BCUT2D eigenvalue weighted by Crippen LogP contribution is 2.44. The Morgan fingerprint density at radius 2 is 0.915 bits per heavy atom. The van der Waals surface area contributed by atoms with Crippen molar-refractivity contribution in [3.05, 3.63) is 223 Å². The highest BCUT2D eigenvalue weighted by molar-refractivity contribution is 6.20. The zero-order valence-electron chi connectivity index (χ0n) is 65.9. The Hall–Kier alpha value is -7.68. The lowest BCUT2D eigenvalue weighted by atomic mass is 9.91. The molecule has 0 aliphatic rings. The first-order valence-electron chi connectivity index (χ1n) is 35.3. The minimum Gasteiger partial charge on any atom is -0.455 e. The Bertz CT molecular complexity index is 5350. The van der Waals surface area contributed by atoms with Gasteiger partial charge in [0.1, 0.15) is 11.2 Å². The van der Waals surface area contributed by atoms with Crippen LogP contribution in [-0.4, -0.2) is 0 Å². The average Bonchev–Trinajstić information content (AvgIpc) is 1.66. The van der Waals surface area contributed by atoms with E-state index in [-0.39, 0.29) is 5.56 Å². The fourth-order valence-corrected chi connectivity index (χ4v) is 6.33. The Morgan fingerprint density at radius 3 is 1.64 bits per heavy atom. The van der Waals surface area contributed by atoms with E-state index in [0.29, 0.717) is 4.90 Å². The molecule has 1 aromatic heterocycles. The zero-order chi connectivity index (χ0) is 70.6. The molecule has 2 nitrogen and oxygen atoms in total. The molecule has 0 spiro atoms. The molecule has 1 heterocycles. The van der Waals surface area contributed by atoms with Crippen LogP contribution in [0.1, 0.15) is 54.9 Å². The number of hydrogen-bond acceptors (Lipinski definition) is 2. The standard InChI is InChI=1S/C57H39NO/c1-38-12-10-21-52-56(38)53(47-20-11-19-45(34-47)40-15-6-3-7-16-40)37-54-51-33-32-50(36-55(51)59-57(52)54)58(49-31-28-41-17-8-9-18-46(41)35-49)48-29-26-44(27-30-48)43-24-22-42(23-25-43)39-13-4-2-5-14-39/h2-37H,1H3/i2D,3D,4D,5D,6D,7D,8D,9D,10D,11D,12D,13D,14D,15D,16D,17D,18D,19D,20D,21D,22D,23D,24D,25D,26D,27D,28D,29D,30D,31D,32D,33D,34D,35D,36D,37D. The molecule has 59 heavy (non-hydrogen) atoms. The van der Waals surface area contributed by atoms with Gasteiger partial charge < -0.3 is 9.32 Å². The number of aryl methyl sites for hydroxylation is 1. The maximum Gasteiger partial charge on any atom is 0.143 e. The predicted molar refractivity (Wildman–Crippen MR) is 250 cm³/mol. The second-order valence-electron chi connectivity index (χ2n) is 12.5. The van der Waals surface area contributed by atoms with Crippen LogP contribution in [0.2, 0.25) is 0 Å². The molecule has 0 aliphatic carbocycles. The van der Waals surface area contributed by atoms with Crippen LogP contribution < -0.4 is 4.90 Å². The Morgan fingerprint density at radius 1 is 0.373 bits per heavy atom. The highest BCUT2D eigenvalue weighted by atomic mass is 16.3. The van der Waals surface area contributed by atoms with Crippen LogP contribution >= 0.6 is 0 Å². The van der Waals surface area contributed by atoms with Crippen molar-refractivity contribution < 1.29 is 53.8 Å². The Balaban J connectivity index is 1.30. The van der Waals surface area contributed by atoms with Crippen molar-refractivity contribution in [2.75, 3.05) is 4.90 Å². The van der Waals surface area contributed by atoms with Crippen molar-refractivity contribution in [2.24, 2.45) is 0 Å². The molecule has 0 unspecified atom stereocenters. The van der Waals surface area contributed by atoms with Gasteiger partial charge in [-0.25, -0.2) is 0 Å². The van der Waals surface area contributed by atoms with Crippen molar-refractivity contribution in [1.82, 2.24) is 0 Å². The first-order chi connectivity index (χ1) is 44.2. The van der Waals surface area contributed by atoms with Gasteiger partial charge in [0.15, 0.2) is 0 Å². The van der Waals surface area contributed by atoms with Crippen molar-refractivity contribution in [1.29, 1.82) is 0 Å². The van der Waals surface area contributed by atoms with Crippen LogP contribution in [-0.2, 0) is 0 Å². The van der Waals surface area contributed by atoms with Crippen LogP contribution in [0.4, 0.5) is 17.1 Å². The van der Waals surface area contributed by atoms with E-state index in [1.54, 1.807) is 0 Å². The van der Waals surface area contributed by atoms with Crippen LogP contribution in [0, 0.1) is 6.92 Å². The summed E-state index contributed by atoms with van der Waals surface area (Å²) in [5, 5.41) is -3.92. The summed E-state index contributed by atoms with van der Waals surface area (Å²) in [5.74, 6) is 0. The fourth-order valence-electron chi connectivity index (χ4n) is 6.33. The van der Waals surface area contributed by atoms with Gasteiger partial charge in [-0.3, -0.25) is 0 Å². The fraction of sp³-hybridized carbons (Fsp3) is 0.0175. The molecule has 0 amide bonds. The number of fused-ring (bicyclic) bond motifs is 6. The molecule has 0 radical (unpaired) electrons. The van der Waals surface area contributed by atoms with Crippen molar-refractivity contribution >= 4 is 60.5 Å². The molecule has 0 bridgehead atoms. The zero-order valence-corrected chi connectivity index (χ0v) is 29.9. The van der Waals surface area contributed by atoms with Crippen LogP contribution in [0.3, 0.4) is 0 Å². The number of rotatable bonds is 7. The molecule has 2 heteroatoms. The first kappa shape index (κ1) is 13.7. The van der Waals surface area contributed by atoms with E-state index in [4.69, 9.17) is 34.6 Å². The molecular weight excluding hydrogens is 715 g/mol. The van der Waals surface area contributed by atoms with E-state index in [0.717, 1.165) is 0 Å². The van der Waals surface area contributed by atoms with E-state index < -0.39 is 323 Å². The monoisotopic (exact) mass is 790 g/mol. The molecule has 0 atom stereocenters. The van der Waals surface area contributed by atoms with Crippen LogP contribution in [0.25, 0.3) is 88.0 Å². The molecule has 0 N–H and O–H groups in total. The Kier molecular flexibility index (Phi) is 3.34. The summed E-state index contributed by atoms with van der Waals surface area (Å²) in [4.78, 5) is 0.344. The third-order valence-electron chi connectivity index (χ3n) is 9.01. The van der Waals surface area contributed by atoms with Gasteiger partial charge in [-0.05, 0) is 121 Å². The van der Waals surface area contributed by atoms with E-state index in [2.05, 4.69) is 0 Å². The smallest absolute Gasteiger partial charge is 0.143 e. The molecule has 11 aromatic rings. The molecule has 0 saturated heterocycles. The lowest BCUT2D eigenvalue weighted by molar-refractivity contribution is 0.672. The average molecular weight is 790 g/mol. The normalized spacial score (nSPS) is 20.0. The number of benzene rings is 10. The van der Waals surface area contributed by atoms with Gasteiger partial charge in [0.25, 0.3) is 0 Å². The van der Waals surface area contributed by atoms with Gasteiger partial charge in [0, 0.05) is 39.3 Å². The minimum atomic E-state index is -1.33. The summed E-state index contributed by atoms with van der Waals surface area (Å²) < 4.78 is 332. The molecule has 10 aromatic carbocycles. The second kappa shape index (κ2) is 14.4. The molecule has 278 valence electrons. The summed E-state index contributed by atoms with van der Waals surface area (Å²) in [5.41, 5.74) is -11.9. The quantitative estimate of drug-likeness (QED) is 0.160. The van der Waals surface area contributed by atoms with Crippen molar-refractivity contribution in [3.8, 4) is 44.5 Å². The SMILES string of the molecule is [2H]c1c([2H])c([2H])c(-c2c([2H])c([2H])c(-c3c([2H])c([2H])c(N(c4c([2H])c([2H])c5c(oc6c7c([2H])c([2H])c([2H])c(C)c7c(-c7c([2H])c([2H])c([2H])c(-c8c([2H])c([2H])c([2H])c([2H])c8[2H])c7[2H])c([2H])c65)c4[2H])c4c([2H])c([2H])c5c([2H])c([2H])c([2H])c([2H])c5c4[2H])c([2H])c3[2H])c([2H])c2[2H])c([2H])c1[2H]. The van der Waals surface area contributed by atoms with Gasteiger partial charge in [0.05, 0.1) is 49.3 Å². The lowest BCUT2D eigenvalue weighted by Gasteiger charge is -2.26. The second-order valence-corrected chi connectivity index (χ2v) is 12.5. The third-order valence-corrected chi connectivity index (χ3v) is 9.01. The molecule has 0 saturated carbocycles. The van der Waals surface area contributed by atoms with Gasteiger partial charge >= 0.3 is 0 Å². The largest absolute Gasteiger partial charge is 0.455 e. The maximum atomic E-state index is 10.1. The highest BCUT2D eigenvalue weighted by Gasteiger charge is 2.20. The van der Waals surface area contributed by atoms with E-state index in [9.17, 15) is 19.2 Å². The van der Waals surface area contributed by atoms with Crippen molar-refractivity contribution in [2.45, 2.75) is 6.92 Å². The van der Waals surface area contributed by atoms with Crippen LogP contribution in [0.5, 0.6) is 0 Å². The van der Waals surface area contributed by atoms with Gasteiger partial charge in [-0.1, -0.05) is 163 Å². The number of nitrogens with zero attached hydrogens (tertiary/aromatic N) is 1. The van der Waals surface area contributed by atoms with Crippen molar-refractivity contribution in [3.63, 3.8) is 0 Å². The number of furan rings is 1. The summed E-state index contributed by atoms with van der Waals surface area (Å²) in [6.45, 7) is 1.23. The van der Waals surface area contributed by atoms with E-state index in [1.807, 2.05) is 0 Å². The van der Waals surface area contributed by atoms with Gasteiger partial charge in [0.2, 0.25) is 0 Å². The summed E-state index contributed by atoms with van der Waals surface area (Å²) in [6.07, 6.45) is 0. The Labute approximate surface area is 394 Å². The molecule has 0 aliphatic heterocycles. The van der Waals surface area contributed by atoms with E-state index in [1.165, 1.54) is 6.92 Å². The lowest BCUT2D eigenvalue weighted by Crippen LogP contribution is -2.09. The predicted octanol–water partition coefficient (Wildman–Crippen LogP) is 16.3. The van der Waals surface area contributed by atoms with Crippen LogP contribution in [0.15, 0.2) is 222 Å². The summed E-state index contributed by atoms with van der Waals surface area (Å²) >= 11 is 0. The molecule has 11 rings (SSSR count). The third kappa shape index (κ3) is 6.23. The molecular formula is C57H39NO. The topological polar surface area (TPSA) is 16.4 Å². The van der Waals surface area contributed by atoms with Gasteiger partial charge in [-0.15, -0.1) is 0 Å².